The summed E-state index contributed by atoms with van der Waals surface area (Å²) in [5.41, 5.74) is 2.50. The van der Waals surface area contributed by atoms with Crippen molar-refractivity contribution in [2.45, 2.75) is 26.4 Å². The summed E-state index contributed by atoms with van der Waals surface area (Å²) in [7, 11) is 0. The molecule has 6 nitrogen and oxygen atoms in total. The first-order valence-electron chi connectivity index (χ1n) is 9.54. The number of halogens is 1. The van der Waals surface area contributed by atoms with E-state index in [9.17, 15) is 0 Å². The zero-order chi connectivity index (χ0) is 18.7. The minimum absolute atomic E-state index is 0. The van der Waals surface area contributed by atoms with E-state index in [2.05, 4.69) is 58.0 Å². The van der Waals surface area contributed by atoms with E-state index in [0.717, 1.165) is 44.2 Å². The number of ether oxygens (including phenoxy) is 1. The number of para-hydroxylation sites is 1. The molecule has 0 aliphatic heterocycles. The quantitative estimate of drug-likeness (QED) is 0.171. The molecule has 0 atom stereocenters. The second-order valence-electron chi connectivity index (χ2n) is 6.28. The third-order valence-corrected chi connectivity index (χ3v) is 4.25. The van der Waals surface area contributed by atoms with Gasteiger partial charge >= 0.3 is 0 Å². The van der Waals surface area contributed by atoms with Gasteiger partial charge in [-0.05, 0) is 43.5 Å². The van der Waals surface area contributed by atoms with Gasteiger partial charge in [0.05, 0.1) is 6.26 Å². The highest BCUT2D eigenvalue weighted by atomic mass is 127. The molecule has 2 heterocycles. The van der Waals surface area contributed by atoms with Crippen LogP contribution in [0.15, 0.2) is 58.3 Å². The van der Waals surface area contributed by atoms with Crippen LogP contribution in [0.2, 0.25) is 0 Å². The summed E-state index contributed by atoms with van der Waals surface area (Å²) in [6.45, 7) is 5.65. The number of fused-ring (bicyclic) bond motifs is 1. The predicted molar refractivity (Wildman–Crippen MR) is 124 cm³/mol. The van der Waals surface area contributed by atoms with Crippen LogP contribution in [0.25, 0.3) is 10.9 Å². The molecule has 0 spiro atoms. The predicted octanol–water partition coefficient (Wildman–Crippen LogP) is 4.08. The largest absolute Gasteiger partial charge is 0.467 e. The minimum atomic E-state index is 0. The Morgan fingerprint density at radius 1 is 1.18 bits per heavy atom. The third kappa shape index (κ3) is 6.87. The molecule has 0 aliphatic carbocycles. The number of nitrogens with one attached hydrogen (secondary N) is 3. The highest BCUT2D eigenvalue weighted by Gasteiger charge is 2.03. The van der Waals surface area contributed by atoms with Crippen LogP contribution in [0.4, 0.5) is 0 Å². The van der Waals surface area contributed by atoms with Crippen LogP contribution in [-0.4, -0.2) is 37.2 Å². The maximum Gasteiger partial charge on any atom is 0.191 e. The zero-order valence-electron chi connectivity index (χ0n) is 16.2. The lowest BCUT2D eigenvalue weighted by Crippen LogP contribution is -2.38. The van der Waals surface area contributed by atoms with E-state index in [0.29, 0.717) is 13.2 Å². The molecule has 0 radical (unpaired) electrons. The van der Waals surface area contributed by atoms with Crippen LogP contribution in [0.5, 0.6) is 0 Å². The van der Waals surface area contributed by atoms with Crippen molar-refractivity contribution in [1.82, 2.24) is 15.6 Å². The Morgan fingerprint density at radius 3 is 2.89 bits per heavy atom. The molecule has 2 aromatic heterocycles. The molecule has 3 rings (SSSR count). The van der Waals surface area contributed by atoms with Crippen molar-refractivity contribution >= 4 is 40.8 Å². The second-order valence-corrected chi connectivity index (χ2v) is 6.28. The lowest BCUT2D eigenvalue weighted by Gasteiger charge is -2.11. The van der Waals surface area contributed by atoms with Gasteiger partial charge in [-0.3, -0.25) is 4.99 Å². The highest BCUT2D eigenvalue weighted by molar-refractivity contribution is 14.0. The number of aromatic nitrogens is 1. The Labute approximate surface area is 183 Å². The van der Waals surface area contributed by atoms with Gasteiger partial charge in [-0.2, -0.15) is 0 Å². The molecule has 0 saturated heterocycles. The molecular formula is C21H29IN4O2. The molecule has 7 heteroatoms. The number of hydrogen-bond acceptors (Lipinski definition) is 3. The highest BCUT2D eigenvalue weighted by Crippen LogP contribution is 2.17. The fourth-order valence-electron chi connectivity index (χ4n) is 2.92. The van der Waals surface area contributed by atoms with Gasteiger partial charge in [-0.25, -0.2) is 0 Å². The summed E-state index contributed by atoms with van der Waals surface area (Å²) in [6, 6.07) is 12.2. The van der Waals surface area contributed by atoms with Crippen LogP contribution in [0.1, 0.15) is 24.7 Å². The molecule has 0 amide bonds. The maximum absolute atomic E-state index is 5.58. The molecule has 152 valence electrons. The molecule has 0 saturated carbocycles. The van der Waals surface area contributed by atoms with Crippen LogP contribution in [0, 0.1) is 0 Å². The van der Waals surface area contributed by atoms with E-state index in [4.69, 9.17) is 9.15 Å². The summed E-state index contributed by atoms with van der Waals surface area (Å²) in [6.07, 6.45) is 5.57. The smallest absolute Gasteiger partial charge is 0.191 e. The minimum Gasteiger partial charge on any atom is -0.467 e. The average molecular weight is 496 g/mol. The molecular weight excluding hydrogens is 467 g/mol. The summed E-state index contributed by atoms with van der Waals surface area (Å²) < 4.78 is 10.8. The van der Waals surface area contributed by atoms with Crippen molar-refractivity contribution in [3.63, 3.8) is 0 Å². The summed E-state index contributed by atoms with van der Waals surface area (Å²) in [5, 5.41) is 7.98. The number of guanidine groups is 1. The van der Waals surface area contributed by atoms with Crippen molar-refractivity contribution in [1.29, 1.82) is 0 Å². The molecule has 0 unspecified atom stereocenters. The van der Waals surface area contributed by atoms with Gasteiger partial charge in [-0.1, -0.05) is 18.2 Å². The molecule has 28 heavy (non-hydrogen) atoms. The fourth-order valence-corrected chi connectivity index (χ4v) is 2.92. The first kappa shape index (κ1) is 22.3. The summed E-state index contributed by atoms with van der Waals surface area (Å²) >= 11 is 0. The van der Waals surface area contributed by atoms with E-state index in [1.165, 1.54) is 16.5 Å². The van der Waals surface area contributed by atoms with Gasteiger partial charge in [0.15, 0.2) is 5.96 Å². The number of hydrogen-bond donors (Lipinski definition) is 3. The van der Waals surface area contributed by atoms with E-state index >= 15 is 0 Å². The van der Waals surface area contributed by atoms with Gasteiger partial charge in [0.2, 0.25) is 0 Å². The number of aromatic amines is 1. The molecule has 3 N–H and O–H groups in total. The van der Waals surface area contributed by atoms with Gasteiger partial charge in [0, 0.05) is 43.3 Å². The number of furan rings is 1. The number of benzene rings is 1. The third-order valence-electron chi connectivity index (χ3n) is 4.25. The van der Waals surface area contributed by atoms with Crippen LogP contribution in [0.3, 0.4) is 0 Å². The van der Waals surface area contributed by atoms with E-state index < -0.39 is 0 Å². The Morgan fingerprint density at radius 2 is 2.07 bits per heavy atom. The van der Waals surface area contributed by atoms with Gasteiger partial charge in [0.25, 0.3) is 0 Å². The molecule has 1 aromatic carbocycles. The Kier molecular flexibility index (Phi) is 9.92. The molecule has 0 fully saturated rings. The Hall–Kier alpha value is -2.00. The molecule has 3 aromatic rings. The van der Waals surface area contributed by atoms with Crippen LogP contribution in [-0.2, 0) is 17.8 Å². The first-order chi connectivity index (χ1) is 13.4. The monoisotopic (exact) mass is 496 g/mol. The van der Waals surface area contributed by atoms with Crippen LogP contribution < -0.4 is 10.6 Å². The van der Waals surface area contributed by atoms with Crippen molar-refractivity contribution in [3.05, 3.63) is 60.2 Å². The standard InChI is InChI=1S/C21H28N4O2.HI/c1-2-22-21(23-11-6-13-26-16-18-7-5-14-27-18)24-12-10-17-15-25-20-9-4-3-8-19(17)20;/h3-5,7-9,14-15,25H,2,6,10-13,16H2,1H3,(H2,22,23,24);1H. The van der Waals surface area contributed by atoms with Crippen molar-refractivity contribution in [3.8, 4) is 0 Å². The molecule has 0 bridgehead atoms. The normalized spacial score (nSPS) is 11.4. The van der Waals surface area contributed by atoms with E-state index in [1.807, 2.05) is 12.1 Å². The maximum atomic E-state index is 5.58. The second kappa shape index (κ2) is 12.5. The van der Waals surface area contributed by atoms with E-state index in [-0.39, 0.29) is 24.0 Å². The van der Waals surface area contributed by atoms with Gasteiger partial charge in [-0.15, -0.1) is 24.0 Å². The van der Waals surface area contributed by atoms with Crippen molar-refractivity contribution < 1.29 is 9.15 Å². The lowest BCUT2D eigenvalue weighted by atomic mass is 10.1. The Bertz CT molecular complexity index is 830. The average Bonchev–Trinajstić information content (AvgIpc) is 3.34. The van der Waals surface area contributed by atoms with E-state index in [1.54, 1.807) is 6.26 Å². The lowest BCUT2D eigenvalue weighted by molar-refractivity contribution is 0.105. The number of rotatable bonds is 10. The van der Waals surface area contributed by atoms with Crippen molar-refractivity contribution in [2.24, 2.45) is 4.99 Å². The van der Waals surface area contributed by atoms with Gasteiger partial charge in [0.1, 0.15) is 12.4 Å². The van der Waals surface area contributed by atoms with Crippen molar-refractivity contribution in [2.75, 3.05) is 26.2 Å². The number of H-pyrrole nitrogens is 1. The summed E-state index contributed by atoms with van der Waals surface area (Å²) in [5.74, 6) is 1.70. The fraction of sp³-hybridized carbons (Fsp3) is 0.381. The van der Waals surface area contributed by atoms with Gasteiger partial charge < -0.3 is 24.8 Å². The SMILES string of the molecule is CCNC(=NCCCOCc1ccco1)NCCc1c[nH]c2ccccc12.I. The number of nitrogens with zero attached hydrogens (tertiary/aromatic N) is 1. The molecule has 0 aliphatic rings. The summed E-state index contributed by atoms with van der Waals surface area (Å²) in [4.78, 5) is 7.93. The topological polar surface area (TPSA) is 74.6 Å². The zero-order valence-corrected chi connectivity index (χ0v) is 18.6. The van der Waals surface area contributed by atoms with Crippen LogP contribution >= 0.6 is 24.0 Å². The first-order valence-corrected chi connectivity index (χ1v) is 9.54. The number of aliphatic imine (C=N–C) groups is 1. The Balaban J connectivity index is 0.00000280.